The minimum atomic E-state index is -0.613. The molecule has 1 N–H and O–H groups in total. The van der Waals surface area contributed by atoms with Gasteiger partial charge >= 0.3 is 0 Å². The number of aryl methyl sites for hydroxylation is 1. The van der Waals surface area contributed by atoms with E-state index in [0.717, 1.165) is 57.2 Å². The van der Waals surface area contributed by atoms with Crippen molar-refractivity contribution < 1.29 is 8.78 Å². The highest BCUT2D eigenvalue weighted by Gasteiger charge is 2.27. The van der Waals surface area contributed by atoms with Gasteiger partial charge in [0, 0.05) is 24.2 Å². The number of hydrogen-bond acceptors (Lipinski definition) is 6. The third-order valence-corrected chi connectivity index (χ3v) is 7.59. The van der Waals surface area contributed by atoms with E-state index in [1.807, 2.05) is 12.3 Å². The van der Waals surface area contributed by atoms with Crippen LogP contribution < -0.4 is 5.32 Å². The molecule has 9 heteroatoms. The fourth-order valence-electron chi connectivity index (χ4n) is 5.54. The van der Waals surface area contributed by atoms with Crippen LogP contribution in [0.1, 0.15) is 56.0 Å². The van der Waals surface area contributed by atoms with E-state index < -0.39 is 11.6 Å². The Labute approximate surface area is 208 Å². The van der Waals surface area contributed by atoms with Crippen LogP contribution in [0.25, 0.3) is 22.3 Å². The minimum absolute atomic E-state index is 0.0397. The molecule has 5 heterocycles. The molecule has 2 aliphatic heterocycles. The molecular formula is C27H29F2N7. The highest BCUT2D eigenvalue weighted by atomic mass is 19.1. The van der Waals surface area contributed by atoms with Crippen LogP contribution in [0.3, 0.4) is 0 Å². The number of nitrogens with zero attached hydrogens (tertiary/aromatic N) is 6. The van der Waals surface area contributed by atoms with Gasteiger partial charge in [-0.3, -0.25) is 0 Å². The predicted octanol–water partition coefficient (Wildman–Crippen LogP) is 5.62. The van der Waals surface area contributed by atoms with Gasteiger partial charge < -0.3 is 14.8 Å². The number of imidazole rings is 1. The number of pyridine rings is 1. The fraction of sp³-hybridized carbons (Fsp3) is 0.407. The maximum Gasteiger partial charge on any atom is 0.229 e. The SMILES string of the molecule is CCC1CCc2nc3c(F)cc(-c4nc(Nc5ccc(C6CCN(C)CC6)cn5)ncc4F)cc3n21. The second kappa shape index (κ2) is 9.20. The van der Waals surface area contributed by atoms with Crippen molar-refractivity contribution in [3.05, 3.63) is 59.7 Å². The second-order valence-electron chi connectivity index (χ2n) is 9.89. The number of benzene rings is 1. The van der Waals surface area contributed by atoms with Crippen LogP contribution in [0.5, 0.6) is 0 Å². The normalized spacial score (nSPS) is 18.6. The van der Waals surface area contributed by atoms with Gasteiger partial charge in [0.1, 0.15) is 22.9 Å². The largest absolute Gasteiger partial charge is 0.325 e. The van der Waals surface area contributed by atoms with Gasteiger partial charge in [-0.05, 0) is 75.5 Å². The topological polar surface area (TPSA) is 71.8 Å². The molecule has 2 aliphatic rings. The molecular weight excluding hydrogens is 460 g/mol. The standard InChI is InChI=1S/C27H29F2N7/c1-3-19-5-7-24-33-26-20(28)12-18(13-22(26)36(19)24)25-21(29)15-31-27(34-25)32-23-6-4-17(14-30-23)16-8-10-35(2)11-9-16/h4,6,12-16,19H,3,5,7-11H2,1-2H3,(H,30,31,32,34). The van der Waals surface area contributed by atoms with Gasteiger partial charge in [0.15, 0.2) is 11.6 Å². The van der Waals surface area contributed by atoms with Crippen LogP contribution in [0.15, 0.2) is 36.7 Å². The molecule has 6 rings (SSSR count). The highest BCUT2D eigenvalue weighted by Crippen LogP contribution is 2.36. The molecule has 1 unspecified atom stereocenters. The summed E-state index contributed by atoms with van der Waals surface area (Å²) in [6, 6.07) is 7.33. The van der Waals surface area contributed by atoms with Crippen molar-refractivity contribution >= 4 is 22.8 Å². The zero-order valence-electron chi connectivity index (χ0n) is 20.5. The summed E-state index contributed by atoms with van der Waals surface area (Å²) < 4.78 is 32.0. The minimum Gasteiger partial charge on any atom is -0.325 e. The Morgan fingerprint density at radius 3 is 2.58 bits per heavy atom. The predicted molar refractivity (Wildman–Crippen MR) is 135 cm³/mol. The molecule has 0 aliphatic carbocycles. The van der Waals surface area contributed by atoms with Gasteiger partial charge in [-0.15, -0.1) is 0 Å². The Hall–Kier alpha value is -3.46. The van der Waals surface area contributed by atoms with E-state index in [1.165, 1.54) is 11.6 Å². The Morgan fingerprint density at radius 1 is 1.00 bits per heavy atom. The number of aromatic nitrogens is 5. The lowest BCUT2D eigenvalue weighted by molar-refractivity contribution is 0.255. The lowest BCUT2D eigenvalue weighted by Gasteiger charge is -2.29. The van der Waals surface area contributed by atoms with Crippen molar-refractivity contribution in [2.45, 2.75) is 51.0 Å². The van der Waals surface area contributed by atoms with Crippen LogP contribution in [0.4, 0.5) is 20.5 Å². The second-order valence-corrected chi connectivity index (χ2v) is 9.89. The molecule has 1 fully saturated rings. The first kappa shape index (κ1) is 23.0. The Balaban J connectivity index is 1.28. The number of likely N-dealkylation sites (tertiary alicyclic amines) is 1. The molecule has 1 atom stereocenters. The molecule has 0 spiro atoms. The number of rotatable bonds is 5. The lowest BCUT2D eigenvalue weighted by Crippen LogP contribution is -2.29. The van der Waals surface area contributed by atoms with Crippen molar-refractivity contribution in [3.8, 4) is 11.3 Å². The summed E-state index contributed by atoms with van der Waals surface area (Å²) in [5.41, 5.74) is 2.63. The van der Waals surface area contributed by atoms with E-state index in [9.17, 15) is 4.39 Å². The molecule has 0 bridgehead atoms. The van der Waals surface area contributed by atoms with Crippen molar-refractivity contribution in [2.75, 3.05) is 25.5 Å². The number of nitrogens with one attached hydrogen (secondary N) is 1. The van der Waals surface area contributed by atoms with E-state index in [1.54, 1.807) is 6.07 Å². The first-order chi connectivity index (χ1) is 17.5. The molecule has 0 radical (unpaired) electrons. The zero-order valence-corrected chi connectivity index (χ0v) is 20.5. The number of fused-ring (bicyclic) bond motifs is 3. The van der Waals surface area contributed by atoms with Crippen molar-refractivity contribution in [2.24, 2.45) is 0 Å². The summed E-state index contributed by atoms with van der Waals surface area (Å²) in [5.74, 6) is 1.09. The first-order valence-electron chi connectivity index (χ1n) is 12.6. The Bertz CT molecular complexity index is 1410. The summed E-state index contributed by atoms with van der Waals surface area (Å²) in [5, 5.41) is 3.06. The van der Waals surface area contributed by atoms with Gasteiger partial charge in [-0.25, -0.2) is 28.7 Å². The molecule has 36 heavy (non-hydrogen) atoms. The third kappa shape index (κ3) is 4.11. The van der Waals surface area contributed by atoms with Crippen LogP contribution >= 0.6 is 0 Å². The average Bonchev–Trinajstić information content (AvgIpc) is 3.46. The lowest BCUT2D eigenvalue weighted by atomic mass is 9.91. The van der Waals surface area contributed by atoms with Crippen LogP contribution in [-0.4, -0.2) is 49.5 Å². The monoisotopic (exact) mass is 489 g/mol. The summed E-state index contributed by atoms with van der Waals surface area (Å²) >= 11 is 0. The van der Waals surface area contributed by atoms with Crippen molar-refractivity contribution in [1.29, 1.82) is 0 Å². The molecule has 0 amide bonds. The molecule has 0 saturated carbocycles. The number of halogens is 2. The van der Waals surface area contributed by atoms with E-state index in [4.69, 9.17) is 0 Å². The van der Waals surface area contributed by atoms with Crippen LogP contribution in [-0.2, 0) is 6.42 Å². The summed E-state index contributed by atoms with van der Waals surface area (Å²) in [7, 11) is 2.15. The molecule has 3 aromatic heterocycles. The van der Waals surface area contributed by atoms with Gasteiger partial charge in [0.25, 0.3) is 0 Å². The summed E-state index contributed by atoms with van der Waals surface area (Å²) in [6.07, 6.45) is 7.97. The number of piperidine rings is 1. The zero-order chi connectivity index (χ0) is 24.8. The number of hydrogen-bond donors (Lipinski definition) is 1. The smallest absolute Gasteiger partial charge is 0.229 e. The maximum atomic E-state index is 15.0. The summed E-state index contributed by atoms with van der Waals surface area (Å²) in [6.45, 7) is 4.29. The molecule has 4 aromatic rings. The van der Waals surface area contributed by atoms with E-state index >= 15 is 4.39 Å². The quantitative estimate of drug-likeness (QED) is 0.393. The van der Waals surface area contributed by atoms with Crippen molar-refractivity contribution in [3.63, 3.8) is 0 Å². The fourth-order valence-corrected chi connectivity index (χ4v) is 5.54. The number of anilines is 2. The van der Waals surface area contributed by atoms with E-state index in [2.05, 4.69) is 54.8 Å². The van der Waals surface area contributed by atoms with E-state index in [0.29, 0.717) is 28.3 Å². The maximum absolute atomic E-state index is 15.0. The first-order valence-corrected chi connectivity index (χ1v) is 12.6. The molecule has 1 saturated heterocycles. The summed E-state index contributed by atoms with van der Waals surface area (Å²) in [4.78, 5) is 19.8. The van der Waals surface area contributed by atoms with Gasteiger partial charge in [-0.2, -0.15) is 0 Å². The van der Waals surface area contributed by atoms with Gasteiger partial charge in [-0.1, -0.05) is 13.0 Å². The molecule has 7 nitrogen and oxygen atoms in total. The van der Waals surface area contributed by atoms with Crippen molar-refractivity contribution in [1.82, 2.24) is 29.4 Å². The Morgan fingerprint density at radius 2 is 1.83 bits per heavy atom. The molecule has 186 valence electrons. The van der Waals surface area contributed by atoms with Gasteiger partial charge in [0.05, 0.1) is 11.7 Å². The van der Waals surface area contributed by atoms with Gasteiger partial charge in [0.2, 0.25) is 5.95 Å². The van der Waals surface area contributed by atoms with Crippen LogP contribution in [0.2, 0.25) is 0 Å². The molecule has 1 aromatic carbocycles. The Kier molecular flexibility index (Phi) is 5.87. The third-order valence-electron chi connectivity index (χ3n) is 7.59. The highest BCUT2D eigenvalue weighted by molar-refractivity contribution is 5.83. The van der Waals surface area contributed by atoms with Crippen LogP contribution in [0, 0.1) is 11.6 Å². The van der Waals surface area contributed by atoms with E-state index in [-0.39, 0.29) is 17.7 Å². The average molecular weight is 490 g/mol.